The summed E-state index contributed by atoms with van der Waals surface area (Å²) in [5.41, 5.74) is 17.9. The molecule has 2 N–H and O–H groups in total. The first kappa shape index (κ1) is 43.2. The molecule has 0 fully saturated rings. The number of aryl methyl sites for hydroxylation is 3. The van der Waals surface area contributed by atoms with Gasteiger partial charge in [0, 0.05) is 21.1 Å². The third-order valence-electron chi connectivity index (χ3n) is 8.41. The number of nitrogens with one attached hydrogen (secondary N) is 2. The van der Waals surface area contributed by atoms with Crippen molar-refractivity contribution in [3.05, 3.63) is 137 Å². The van der Waals surface area contributed by atoms with Gasteiger partial charge in [-0.05, 0) is 115 Å². The van der Waals surface area contributed by atoms with Crippen molar-refractivity contribution in [3.8, 4) is 12.3 Å². The van der Waals surface area contributed by atoms with Crippen LogP contribution in [0, 0.1) is 12.3 Å². The minimum absolute atomic E-state index is 0. The molecule has 5 nitrogen and oxygen atoms in total. The highest BCUT2D eigenvalue weighted by Gasteiger charge is 2.17. The number of ether oxygens (including phenoxy) is 1. The summed E-state index contributed by atoms with van der Waals surface area (Å²) in [5, 5.41) is 0. The number of methoxy groups -OCH3 is 1. The summed E-state index contributed by atoms with van der Waals surface area (Å²) in [5.74, 6) is 2.47. The number of hydrogen-bond donors (Lipinski definition) is 2. The number of allylic oxidation sites excluding steroid dienone is 4. The Bertz CT molecular complexity index is 1590. The molecule has 0 radical (unpaired) electrons. The number of terminal acetylenes is 1. The minimum Gasteiger partial charge on any atom is -0.497 e. The van der Waals surface area contributed by atoms with Gasteiger partial charge in [0.05, 0.1) is 12.8 Å². The Morgan fingerprint density at radius 3 is 2.36 bits per heavy atom. The lowest BCUT2D eigenvalue weighted by Crippen LogP contribution is -2.29. The lowest BCUT2D eigenvalue weighted by Gasteiger charge is -2.23. The Morgan fingerprint density at radius 2 is 1.74 bits per heavy atom. The van der Waals surface area contributed by atoms with Crippen LogP contribution in [-0.4, -0.2) is 18.7 Å². The van der Waals surface area contributed by atoms with E-state index in [2.05, 4.69) is 75.8 Å². The second kappa shape index (κ2) is 24.4. The largest absolute Gasteiger partial charge is 0.497 e. The topological polar surface area (TPSA) is 67.4 Å². The van der Waals surface area contributed by atoms with Gasteiger partial charge in [0.25, 0.3) is 0 Å². The third-order valence-corrected chi connectivity index (χ3v) is 8.41. The van der Waals surface area contributed by atoms with Gasteiger partial charge in [-0.25, -0.2) is 0 Å². The first-order valence-corrected chi connectivity index (χ1v) is 18.0. The number of hydrazine groups is 1. The molecule has 0 unspecified atom stereocenters. The summed E-state index contributed by atoms with van der Waals surface area (Å²) in [6.45, 7) is 25.7. The Kier molecular flexibility index (Phi) is 21.1. The van der Waals surface area contributed by atoms with Crippen molar-refractivity contribution in [2.45, 2.75) is 111 Å². The van der Waals surface area contributed by atoms with Crippen molar-refractivity contribution >= 4 is 11.6 Å². The van der Waals surface area contributed by atoms with Crippen LogP contribution in [0.3, 0.4) is 0 Å². The highest BCUT2D eigenvalue weighted by Crippen LogP contribution is 2.31. The van der Waals surface area contributed by atoms with Crippen molar-refractivity contribution in [2.24, 2.45) is 0 Å². The lowest BCUT2D eigenvalue weighted by atomic mass is 9.82. The van der Waals surface area contributed by atoms with Gasteiger partial charge in [-0.2, -0.15) is 0 Å². The van der Waals surface area contributed by atoms with Crippen LogP contribution in [0.25, 0.3) is 0 Å². The highest BCUT2D eigenvalue weighted by atomic mass is 16.5. The fourth-order valence-electron chi connectivity index (χ4n) is 5.64. The molecule has 0 saturated carbocycles. The number of carbonyl (C=O) groups excluding carboxylic acids is 2. The molecule has 0 saturated heterocycles. The van der Waals surface area contributed by atoms with E-state index in [1.165, 1.54) is 77.0 Å². The van der Waals surface area contributed by atoms with Crippen molar-refractivity contribution in [1.82, 2.24) is 10.9 Å². The third kappa shape index (κ3) is 14.8. The minimum atomic E-state index is -0.474. The zero-order valence-electron chi connectivity index (χ0n) is 31.6. The maximum absolute atomic E-state index is 12.2. The Labute approximate surface area is 307 Å². The van der Waals surface area contributed by atoms with Gasteiger partial charge in [0.15, 0.2) is 5.78 Å². The molecule has 0 bridgehead atoms. The van der Waals surface area contributed by atoms with E-state index in [1.807, 2.05) is 19.8 Å². The molecule has 2 aromatic carbocycles. The number of rotatable bonds is 18. The molecule has 50 heavy (non-hydrogen) atoms. The average molecular weight is 683 g/mol. The van der Waals surface area contributed by atoms with Crippen molar-refractivity contribution in [2.75, 3.05) is 7.11 Å². The molecular formula is C45H66N2O3. The van der Waals surface area contributed by atoms with Gasteiger partial charge in [-0.15, -0.1) is 12.2 Å². The smallest absolute Gasteiger partial charge is 0.235 e. The normalized spacial score (nSPS) is 11.3. The number of hydrogen-bond acceptors (Lipinski definition) is 5. The van der Waals surface area contributed by atoms with E-state index in [4.69, 9.17) is 11.2 Å². The summed E-state index contributed by atoms with van der Waals surface area (Å²) in [6.07, 6.45) is 23.0. The quantitative estimate of drug-likeness (QED) is 0.0188. The predicted octanol–water partition coefficient (Wildman–Crippen LogP) is 11.4. The molecule has 1 aliphatic rings. The van der Waals surface area contributed by atoms with Crippen LogP contribution in [0.2, 0.25) is 0 Å². The predicted molar refractivity (Wildman–Crippen MR) is 219 cm³/mol. The summed E-state index contributed by atoms with van der Waals surface area (Å²) >= 11 is 0. The van der Waals surface area contributed by atoms with Crippen molar-refractivity contribution < 1.29 is 18.6 Å². The molecule has 0 amide bonds. The Balaban J connectivity index is -0.000000908. The SMILES string of the molecule is C#CC(=O)c1ccc(CCC(=C)NNC(=C=C)/C=C/C(=C)OC)c(C(=O)C=C)c1.CC.CCCCCCc1cc2c(c(C(C)C)c1)CCCC2.[HH].[HH].[HH]. The van der Waals surface area contributed by atoms with E-state index in [0.29, 0.717) is 47.0 Å². The van der Waals surface area contributed by atoms with Crippen molar-refractivity contribution in [1.29, 1.82) is 0 Å². The number of Topliss-reactive ketones (excluding diaryl/α,β-unsaturated/α-hetero) is 1. The van der Waals surface area contributed by atoms with Crippen LogP contribution in [0.4, 0.5) is 0 Å². The maximum atomic E-state index is 12.2. The first-order valence-electron chi connectivity index (χ1n) is 18.0. The molecule has 1 aliphatic carbocycles. The maximum Gasteiger partial charge on any atom is 0.235 e. The van der Waals surface area contributed by atoms with E-state index in [1.54, 1.807) is 46.5 Å². The van der Waals surface area contributed by atoms with Gasteiger partial charge in [0.1, 0.15) is 5.76 Å². The lowest BCUT2D eigenvalue weighted by molar-refractivity contribution is 0.104. The summed E-state index contributed by atoms with van der Waals surface area (Å²) in [6, 6.07) is 9.86. The van der Waals surface area contributed by atoms with Gasteiger partial charge < -0.3 is 10.2 Å². The second-order valence-corrected chi connectivity index (χ2v) is 12.4. The molecule has 5 heteroatoms. The summed E-state index contributed by atoms with van der Waals surface area (Å²) in [4.78, 5) is 23.9. The zero-order valence-corrected chi connectivity index (χ0v) is 31.6. The van der Waals surface area contributed by atoms with E-state index in [9.17, 15) is 9.59 Å². The number of ketones is 2. The van der Waals surface area contributed by atoms with Crippen molar-refractivity contribution in [3.63, 3.8) is 0 Å². The van der Waals surface area contributed by atoms with Gasteiger partial charge in [-0.1, -0.05) is 104 Å². The molecule has 2 aromatic rings. The fraction of sp³-hybridized carbons (Fsp3) is 0.400. The standard InChI is InChI=1S/C24H24N2O3.C19H30.C2H6.3H2/c1-7-21(15-11-18(5)29-6)26-25-17(4)10-12-19-13-14-20(23(27)8-2)16-22(19)24(28)9-3;1-4-5-6-7-10-16-13-17-11-8-9-12-18(17)19(14-16)15(2)3;1-2;;;/h2,9,11,13-16,25-26H,1,3-5,10,12H2,6H3;13-15H,4-12H2,1-3H3;1-2H3;3*1H/b15-11+;;;;;. The van der Waals surface area contributed by atoms with E-state index >= 15 is 0 Å². The molecule has 3 rings (SSSR count). The van der Waals surface area contributed by atoms with E-state index in [-0.39, 0.29) is 10.1 Å². The molecule has 0 aromatic heterocycles. The first-order chi connectivity index (χ1) is 24.1. The molecule has 0 heterocycles. The van der Waals surface area contributed by atoms with Crippen LogP contribution in [0.15, 0.2) is 97.8 Å². The van der Waals surface area contributed by atoms with E-state index in [0.717, 1.165) is 5.56 Å². The number of unbranched alkanes of at least 4 members (excludes halogenated alkanes) is 3. The average Bonchev–Trinajstić information content (AvgIpc) is 3.15. The molecule has 0 atom stereocenters. The van der Waals surface area contributed by atoms with Crippen LogP contribution in [-0.2, 0) is 30.4 Å². The number of benzene rings is 2. The second-order valence-electron chi connectivity index (χ2n) is 12.4. The number of fused-ring (bicyclic) bond motifs is 1. The molecule has 0 spiro atoms. The van der Waals surface area contributed by atoms with Crippen LogP contribution >= 0.6 is 0 Å². The van der Waals surface area contributed by atoms with Gasteiger partial charge in [-0.3, -0.25) is 15.0 Å². The zero-order chi connectivity index (χ0) is 37.5. The van der Waals surface area contributed by atoms with Crippen LogP contribution in [0.5, 0.6) is 0 Å². The van der Waals surface area contributed by atoms with Gasteiger partial charge in [0.2, 0.25) is 5.78 Å². The Morgan fingerprint density at radius 1 is 1.02 bits per heavy atom. The molecular weight excluding hydrogens is 617 g/mol. The Hall–Kier alpha value is -4.78. The number of carbonyl (C=O) groups is 2. The van der Waals surface area contributed by atoms with Crippen LogP contribution < -0.4 is 10.9 Å². The van der Waals surface area contributed by atoms with E-state index < -0.39 is 5.78 Å². The molecule has 274 valence electrons. The summed E-state index contributed by atoms with van der Waals surface area (Å²) in [7, 11) is 1.53. The van der Waals surface area contributed by atoms with Gasteiger partial charge >= 0.3 is 0 Å². The highest BCUT2D eigenvalue weighted by molar-refractivity contribution is 6.11. The monoisotopic (exact) mass is 683 g/mol. The summed E-state index contributed by atoms with van der Waals surface area (Å²) < 4.78 is 4.95. The van der Waals surface area contributed by atoms with Crippen LogP contribution in [0.1, 0.15) is 138 Å². The molecule has 0 aliphatic heterocycles. The fourth-order valence-corrected chi connectivity index (χ4v) is 5.64.